The van der Waals surface area contributed by atoms with Crippen LogP contribution in [0.4, 0.5) is 0 Å². The maximum absolute atomic E-state index is 11.4. The molecule has 0 aliphatic carbocycles. The quantitative estimate of drug-likeness (QED) is 0.768. The van der Waals surface area contributed by atoms with Crippen molar-refractivity contribution < 1.29 is 14.3 Å². The van der Waals surface area contributed by atoms with Gasteiger partial charge in [-0.25, -0.2) is 0 Å². The number of ketones is 1. The molecule has 2 rings (SSSR count). The van der Waals surface area contributed by atoms with Gasteiger partial charge in [0.1, 0.15) is 16.4 Å². The molecule has 0 spiro atoms. The van der Waals surface area contributed by atoms with Gasteiger partial charge in [0, 0.05) is 17.0 Å². The normalized spacial score (nSPS) is 10.4. The maximum atomic E-state index is 11.4. The van der Waals surface area contributed by atoms with Crippen molar-refractivity contribution in [1.29, 1.82) is 0 Å². The molecule has 1 aromatic carbocycles. The Morgan fingerprint density at radius 3 is 2.56 bits per heavy atom. The Morgan fingerprint density at radius 2 is 2.00 bits per heavy atom. The molecule has 0 aliphatic heterocycles. The second-order valence-corrected chi connectivity index (χ2v) is 4.43. The van der Waals surface area contributed by atoms with Crippen LogP contribution in [0.2, 0.25) is 0 Å². The van der Waals surface area contributed by atoms with Crippen LogP contribution in [0.25, 0.3) is 10.1 Å². The summed E-state index contributed by atoms with van der Waals surface area (Å²) < 4.78 is 11.4. The number of fused-ring (bicyclic) bond motifs is 1. The van der Waals surface area contributed by atoms with Crippen LogP contribution in [-0.4, -0.2) is 20.0 Å². The molecule has 0 N–H and O–H groups in total. The fourth-order valence-corrected chi connectivity index (χ4v) is 2.71. The zero-order chi connectivity index (χ0) is 11.7. The van der Waals surface area contributed by atoms with E-state index in [1.807, 2.05) is 18.2 Å². The Labute approximate surface area is 97.6 Å². The third-order valence-corrected chi connectivity index (χ3v) is 3.61. The molecule has 0 bridgehead atoms. The molecule has 84 valence electrons. The summed E-state index contributed by atoms with van der Waals surface area (Å²) in [6, 6.07) is 5.69. The summed E-state index contributed by atoms with van der Waals surface area (Å²) in [6.07, 6.45) is 0. The summed E-state index contributed by atoms with van der Waals surface area (Å²) in [6.45, 7) is 1.55. The van der Waals surface area contributed by atoms with Gasteiger partial charge in [-0.05, 0) is 18.2 Å². The number of Topliss-reactive ketones (excluding diaryl/α,β-unsaturated/α-hetero) is 1. The van der Waals surface area contributed by atoms with Crippen molar-refractivity contribution in [2.45, 2.75) is 6.92 Å². The van der Waals surface area contributed by atoms with Gasteiger partial charge in [-0.2, -0.15) is 0 Å². The molecular weight excluding hydrogens is 224 g/mol. The minimum absolute atomic E-state index is 0.0250. The van der Waals surface area contributed by atoms with Gasteiger partial charge in [0.2, 0.25) is 0 Å². The second-order valence-electron chi connectivity index (χ2n) is 3.38. The number of carbonyl (C=O) groups excluding carboxylic acids is 1. The van der Waals surface area contributed by atoms with Crippen LogP contribution >= 0.6 is 11.3 Å². The molecule has 16 heavy (non-hydrogen) atoms. The Morgan fingerprint density at radius 1 is 1.25 bits per heavy atom. The van der Waals surface area contributed by atoms with Gasteiger partial charge < -0.3 is 9.47 Å². The minimum atomic E-state index is 0.0250. The largest absolute Gasteiger partial charge is 0.497 e. The van der Waals surface area contributed by atoms with Crippen molar-refractivity contribution in [3.63, 3.8) is 0 Å². The van der Waals surface area contributed by atoms with Crippen molar-refractivity contribution in [3.05, 3.63) is 23.1 Å². The molecule has 0 saturated carbocycles. The zero-order valence-electron chi connectivity index (χ0n) is 9.37. The molecule has 1 heterocycles. The molecule has 4 heteroatoms. The minimum Gasteiger partial charge on any atom is -0.497 e. The van der Waals surface area contributed by atoms with Gasteiger partial charge in [-0.1, -0.05) is 0 Å². The van der Waals surface area contributed by atoms with E-state index in [-0.39, 0.29) is 5.78 Å². The number of thiophene rings is 1. The first-order valence-corrected chi connectivity index (χ1v) is 5.64. The van der Waals surface area contributed by atoms with Crippen LogP contribution in [0.15, 0.2) is 18.2 Å². The molecule has 0 atom stereocenters. The summed E-state index contributed by atoms with van der Waals surface area (Å²) in [5, 5.41) is 0.957. The third-order valence-electron chi connectivity index (χ3n) is 2.38. The molecule has 1 aromatic heterocycles. The Kier molecular flexibility index (Phi) is 2.83. The van der Waals surface area contributed by atoms with Gasteiger partial charge in [0.15, 0.2) is 5.78 Å². The number of hydrogen-bond donors (Lipinski definition) is 0. The number of hydrogen-bond acceptors (Lipinski definition) is 4. The molecule has 0 aliphatic rings. The Hall–Kier alpha value is -1.55. The lowest BCUT2D eigenvalue weighted by atomic mass is 10.2. The highest BCUT2D eigenvalue weighted by molar-refractivity contribution is 7.21. The average Bonchev–Trinajstić information content (AvgIpc) is 2.66. The number of carbonyl (C=O) groups is 1. The molecule has 0 fully saturated rings. The standard InChI is InChI=1S/C12H12O3S/c1-7(13)12-11(15-3)9-5-4-8(14-2)6-10(9)16-12/h4-6H,1-3H3. The molecule has 0 radical (unpaired) electrons. The molecule has 3 nitrogen and oxygen atoms in total. The van der Waals surface area contributed by atoms with Gasteiger partial charge in [-0.15, -0.1) is 11.3 Å². The van der Waals surface area contributed by atoms with Crippen molar-refractivity contribution in [3.8, 4) is 11.5 Å². The predicted molar refractivity (Wildman–Crippen MR) is 64.9 cm³/mol. The zero-order valence-corrected chi connectivity index (χ0v) is 10.2. The summed E-state index contributed by atoms with van der Waals surface area (Å²) in [4.78, 5) is 12.1. The lowest BCUT2D eigenvalue weighted by molar-refractivity contribution is 0.101. The number of rotatable bonds is 3. The first kappa shape index (κ1) is 11.0. The van der Waals surface area contributed by atoms with E-state index in [0.29, 0.717) is 10.6 Å². The Bertz CT molecular complexity index is 542. The second kappa shape index (κ2) is 4.14. The fraction of sp³-hybridized carbons (Fsp3) is 0.250. The summed E-state index contributed by atoms with van der Waals surface area (Å²) >= 11 is 1.43. The lowest BCUT2D eigenvalue weighted by Gasteiger charge is -2.01. The average molecular weight is 236 g/mol. The first-order chi connectivity index (χ1) is 7.67. The molecule has 0 amide bonds. The van der Waals surface area contributed by atoms with Gasteiger partial charge >= 0.3 is 0 Å². The smallest absolute Gasteiger partial charge is 0.173 e. The van der Waals surface area contributed by atoms with Crippen molar-refractivity contribution in [2.24, 2.45) is 0 Å². The van der Waals surface area contributed by atoms with Crippen LogP contribution < -0.4 is 9.47 Å². The van der Waals surface area contributed by atoms with Crippen molar-refractivity contribution in [2.75, 3.05) is 14.2 Å². The van der Waals surface area contributed by atoms with Crippen LogP contribution in [0.3, 0.4) is 0 Å². The van der Waals surface area contributed by atoms with Crippen molar-refractivity contribution in [1.82, 2.24) is 0 Å². The number of methoxy groups -OCH3 is 2. The highest BCUT2D eigenvalue weighted by atomic mass is 32.1. The van der Waals surface area contributed by atoms with Crippen LogP contribution in [0.1, 0.15) is 16.6 Å². The van der Waals surface area contributed by atoms with Gasteiger partial charge in [-0.3, -0.25) is 4.79 Å². The topological polar surface area (TPSA) is 35.5 Å². The summed E-state index contributed by atoms with van der Waals surface area (Å²) in [5.74, 6) is 1.47. The monoisotopic (exact) mass is 236 g/mol. The Balaban J connectivity index is 2.71. The van der Waals surface area contributed by atoms with E-state index in [9.17, 15) is 4.79 Å². The van der Waals surface area contributed by atoms with Gasteiger partial charge in [0.05, 0.1) is 14.2 Å². The molecular formula is C12H12O3S. The predicted octanol–water partition coefficient (Wildman–Crippen LogP) is 3.12. The molecule has 0 unspecified atom stereocenters. The number of ether oxygens (including phenoxy) is 2. The number of benzene rings is 1. The maximum Gasteiger partial charge on any atom is 0.173 e. The van der Waals surface area contributed by atoms with E-state index in [4.69, 9.17) is 9.47 Å². The molecule has 0 saturated heterocycles. The van der Waals surface area contributed by atoms with Crippen LogP contribution in [-0.2, 0) is 0 Å². The van der Waals surface area contributed by atoms with Crippen molar-refractivity contribution >= 4 is 27.2 Å². The highest BCUT2D eigenvalue weighted by Gasteiger charge is 2.16. The SMILES string of the molecule is COc1ccc2c(OC)c(C(C)=O)sc2c1. The van der Waals surface area contributed by atoms with Crippen LogP contribution in [0.5, 0.6) is 11.5 Å². The van der Waals surface area contributed by atoms with E-state index >= 15 is 0 Å². The van der Waals surface area contributed by atoms with E-state index in [1.54, 1.807) is 21.1 Å². The van der Waals surface area contributed by atoms with E-state index in [2.05, 4.69) is 0 Å². The van der Waals surface area contributed by atoms with Gasteiger partial charge in [0.25, 0.3) is 0 Å². The molecule has 2 aromatic rings. The first-order valence-electron chi connectivity index (χ1n) is 4.83. The van der Waals surface area contributed by atoms with Crippen LogP contribution in [0, 0.1) is 0 Å². The fourth-order valence-electron chi connectivity index (χ4n) is 1.61. The van der Waals surface area contributed by atoms with E-state index in [1.165, 1.54) is 11.3 Å². The van der Waals surface area contributed by atoms with E-state index in [0.717, 1.165) is 15.8 Å². The lowest BCUT2D eigenvalue weighted by Crippen LogP contribution is -1.91. The summed E-state index contributed by atoms with van der Waals surface area (Å²) in [5.41, 5.74) is 0. The third kappa shape index (κ3) is 1.65. The highest BCUT2D eigenvalue weighted by Crippen LogP contribution is 2.39. The summed E-state index contributed by atoms with van der Waals surface area (Å²) in [7, 11) is 3.20. The van der Waals surface area contributed by atoms with E-state index < -0.39 is 0 Å².